The van der Waals surface area contributed by atoms with Crippen LogP contribution in [-0.2, 0) is 4.74 Å². The number of rotatable bonds is 3. The van der Waals surface area contributed by atoms with E-state index in [0.717, 1.165) is 0 Å². The smallest absolute Gasteiger partial charge is 0.358 e. The molecule has 1 heterocycles. The Labute approximate surface area is 119 Å². The van der Waals surface area contributed by atoms with Gasteiger partial charge in [0.25, 0.3) is 0 Å². The molecular formula is C12H9Cl2N3O2. The Balaban J connectivity index is 2.19. The standard InChI is InChI=1S/C12H9Cl2N3O2/c1-19-12(18)10-5-16-11(6-15-10)17-9-4-7(13)2-3-8(9)14/h2-6H,1H3,(H,16,17). The molecule has 0 fully saturated rings. The zero-order valence-corrected chi connectivity index (χ0v) is 11.4. The molecule has 0 unspecified atom stereocenters. The number of anilines is 2. The molecule has 0 saturated carbocycles. The average molecular weight is 298 g/mol. The second kappa shape index (κ2) is 5.86. The fraction of sp³-hybridized carbons (Fsp3) is 0.0833. The number of carbonyl (C=O) groups is 1. The van der Waals surface area contributed by atoms with Gasteiger partial charge in [-0.2, -0.15) is 0 Å². The minimum Gasteiger partial charge on any atom is -0.464 e. The highest BCUT2D eigenvalue weighted by Gasteiger charge is 2.08. The van der Waals surface area contributed by atoms with Crippen molar-refractivity contribution in [3.8, 4) is 0 Å². The van der Waals surface area contributed by atoms with E-state index in [1.54, 1.807) is 18.2 Å². The van der Waals surface area contributed by atoms with Crippen LogP contribution >= 0.6 is 23.2 Å². The first-order valence-corrected chi connectivity index (χ1v) is 5.98. The number of nitrogens with zero attached hydrogens (tertiary/aromatic N) is 2. The van der Waals surface area contributed by atoms with Crippen LogP contribution in [0.5, 0.6) is 0 Å². The summed E-state index contributed by atoms with van der Waals surface area (Å²) in [4.78, 5) is 19.2. The molecule has 98 valence electrons. The molecule has 0 aliphatic heterocycles. The molecule has 2 aromatic rings. The fourth-order valence-corrected chi connectivity index (χ4v) is 1.67. The molecule has 0 amide bonds. The van der Waals surface area contributed by atoms with Crippen molar-refractivity contribution in [2.24, 2.45) is 0 Å². The van der Waals surface area contributed by atoms with Crippen LogP contribution in [-0.4, -0.2) is 23.0 Å². The Morgan fingerprint density at radius 1 is 1.26 bits per heavy atom. The molecule has 0 atom stereocenters. The third-order valence-electron chi connectivity index (χ3n) is 2.24. The van der Waals surface area contributed by atoms with E-state index in [1.807, 2.05) is 0 Å². The highest BCUT2D eigenvalue weighted by Crippen LogP contribution is 2.27. The number of methoxy groups -OCH3 is 1. The Morgan fingerprint density at radius 3 is 2.68 bits per heavy atom. The van der Waals surface area contributed by atoms with Gasteiger partial charge >= 0.3 is 5.97 Å². The maximum Gasteiger partial charge on any atom is 0.358 e. The molecule has 0 saturated heterocycles. The zero-order chi connectivity index (χ0) is 13.8. The lowest BCUT2D eigenvalue weighted by atomic mass is 10.3. The molecule has 7 heteroatoms. The summed E-state index contributed by atoms with van der Waals surface area (Å²) in [6, 6.07) is 5.02. The van der Waals surface area contributed by atoms with Crippen molar-refractivity contribution < 1.29 is 9.53 Å². The van der Waals surface area contributed by atoms with Crippen molar-refractivity contribution in [2.45, 2.75) is 0 Å². The quantitative estimate of drug-likeness (QED) is 0.881. The van der Waals surface area contributed by atoms with E-state index in [9.17, 15) is 4.79 Å². The van der Waals surface area contributed by atoms with Crippen molar-refractivity contribution >= 4 is 40.7 Å². The molecular weight excluding hydrogens is 289 g/mol. The molecule has 0 aliphatic carbocycles. The minimum atomic E-state index is -0.542. The van der Waals surface area contributed by atoms with Gasteiger partial charge in [0.05, 0.1) is 30.2 Å². The summed E-state index contributed by atoms with van der Waals surface area (Å²) in [5.41, 5.74) is 0.736. The molecule has 19 heavy (non-hydrogen) atoms. The van der Waals surface area contributed by atoms with Gasteiger partial charge in [0.15, 0.2) is 5.69 Å². The third-order valence-corrected chi connectivity index (χ3v) is 2.80. The summed E-state index contributed by atoms with van der Waals surface area (Å²) in [7, 11) is 1.28. The lowest BCUT2D eigenvalue weighted by Crippen LogP contribution is -2.05. The predicted molar refractivity (Wildman–Crippen MR) is 73.1 cm³/mol. The highest BCUT2D eigenvalue weighted by atomic mass is 35.5. The van der Waals surface area contributed by atoms with E-state index in [0.29, 0.717) is 21.6 Å². The zero-order valence-electron chi connectivity index (χ0n) is 9.85. The van der Waals surface area contributed by atoms with E-state index in [1.165, 1.54) is 19.5 Å². The van der Waals surface area contributed by atoms with Gasteiger partial charge in [0, 0.05) is 5.02 Å². The number of esters is 1. The summed E-state index contributed by atoms with van der Waals surface area (Å²) in [5.74, 6) is -0.100. The maximum atomic E-state index is 11.2. The van der Waals surface area contributed by atoms with Crippen LogP contribution in [0.1, 0.15) is 10.5 Å². The largest absolute Gasteiger partial charge is 0.464 e. The Bertz CT molecular complexity index is 602. The second-order valence-electron chi connectivity index (χ2n) is 3.53. The fourth-order valence-electron chi connectivity index (χ4n) is 1.33. The number of halogens is 2. The Morgan fingerprint density at radius 2 is 2.05 bits per heavy atom. The molecule has 1 aromatic heterocycles. The normalized spacial score (nSPS) is 10.1. The van der Waals surface area contributed by atoms with Gasteiger partial charge in [-0.05, 0) is 18.2 Å². The lowest BCUT2D eigenvalue weighted by Gasteiger charge is -2.07. The third kappa shape index (κ3) is 3.33. The molecule has 5 nitrogen and oxygen atoms in total. The summed E-state index contributed by atoms with van der Waals surface area (Å²) < 4.78 is 4.53. The van der Waals surface area contributed by atoms with E-state index in [2.05, 4.69) is 20.0 Å². The Hall–Kier alpha value is -1.85. The van der Waals surface area contributed by atoms with Gasteiger partial charge < -0.3 is 10.1 Å². The van der Waals surface area contributed by atoms with Crippen LogP contribution in [0, 0.1) is 0 Å². The maximum absolute atomic E-state index is 11.2. The number of benzene rings is 1. The molecule has 0 bridgehead atoms. The number of ether oxygens (including phenoxy) is 1. The molecule has 1 aromatic carbocycles. The first-order valence-electron chi connectivity index (χ1n) is 5.22. The van der Waals surface area contributed by atoms with Gasteiger partial charge in [-0.3, -0.25) is 0 Å². The predicted octanol–water partition coefficient (Wildman–Crippen LogP) is 3.31. The molecule has 1 N–H and O–H groups in total. The van der Waals surface area contributed by atoms with Crippen molar-refractivity contribution in [3.05, 3.63) is 46.3 Å². The van der Waals surface area contributed by atoms with Crippen LogP contribution in [0.4, 0.5) is 11.5 Å². The van der Waals surface area contributed by atoms with Crippen molar-refractivity contribution in [2.75, 3.05) is 12.4 Å². The number of nitrogens with one attached hydrogen (secondary N) is 1. The summed E-state index contributed by atoms with van der Waals surface area (Å²) in [6.07, 6.45) is 2.72. The van der Waals surface area contributed by atoms with Crippen molar-refractivity contribution in [1.29, 1.82) is 0 Å². The molecule has 0 radical (unpaired) electrons. The summed E-state index contributed by atoms with van der Waals surface area (Å²) in [6.45, 7) is 0. The SMILES string of the molecule is COC(=O)c1cnc(Nc2cc(Cl)ccc2Cl)cn1. The van der Waals surface area contributed by atoms with Gasteiger partial charge in [-0.25, -0.2) is 14.8 Å². The van der Waals surface area contributed by atoms with E-state index in [-0.39, 0.29) is 5.69 Å². The number of aromatic nitrogens is 2. The minimum absolute atomic E-state index is 0.130. The van der Waals surface area contributed by atoms with Crippen LogP contribution in [0.25, 0.3) is 0 Å². The van der Waals surface area contributed by atoms with E-state index in [4.69, 9.17) is 23.2 Å². The van der Waals surface area contributed by atoms with E-state index < -0.39 is 5.97 Å². The van der Waals surface area contributed by atoms with Crippen molar-refractivity contribution in [1.82, 2.24) is 9.97 Å². The monoisotopic (exact) mass is 297 g/mol. The van der Waals surface area contributed by atoms with Crippen LogP contribution in [0.3, 0.4) is 0 Å². The first kappa shape index (κ1) is 13.6. The average Bonchev–Trinajstić information content (AvgIpc) is 2.43. The highest BCUT2D eigenvalue weighted by molar-refractivity contribution is 6.35. The molecule has 0 aliphatic rings. The number of hydrogen-bond donors (Lipinski definition) is 1. The van der Waals surface area contributed by atoms with Gasteiger partial charge in [0.2, 0.25) is 0 Å². The molecule has 0 spiro atoms. The van der Waals surface area contributed by atoms with Gasteiger partial charge in [-0.15, -0.1) is 0 Å². The topological polar surface area (TPSA) is 64.1 Å². The van der Waals surface area contributed by atoms with Crippen LogP contribution < -0.4 is 5.32 Å². The van der Waals surface area contributed by atoms with Crippen LogP contribution in [0.2, 0.25) is 10.0 Å². The number of carbonyl (C=O) groups excluding carboxylic acids is 1. The van der Waals surface area contributed by atoms with Gasteiger partial charge in [-0.1, -0.05) is 23.2 Å². The summed E-state index contributed by atoms with van der Waals surface area (Å²) >= 11 is 11.9. The lowest BCUT2D eigenvalue weighted by molar-refractivity contribution is 0.0593. The Kier molecular flexibility index (Phi) is 4.19. The number of hydrogen-bond acceptors (Lipinski definition) is 5. The van der Waals surface area contributed by atoms with Crippen LogP contribution in [0.15, 0.2) is 30.6 Å². The van der Waals surface area contributed by atoms with Gasteiger partial charge in [0.1, 0.15) is 5.82 Å². The first-order chi connectivity index (χ1) is 9.10. The van der Waals surface area contributed by atoms with Crippen molar-refractivity contribution in [3.63, 3.8) is 0 Å². The molecule has 2 rings (SSSR count). The summed E-state index contributed by atoms with van der Waals surface area (Å²) in [5, 5.41) is 4.01. The van der Waals surface area contributed by atoms with E-state index >= 15 is 0 Å². The second-order valence-corrected chi connectivity index (χ2v) is 4.37.